The second kappa shape index (κ2) is 6.11. The minimum Gasteiger partial charge on any atom is -0.192 e. The first-order valence-corrected chi connectivity index (χ1v) is 6.57. The first-order valence-electron chi connectivity index (χ1n) is 6.57. The largest absolute Gasteiger partial charge is 0.234 e. The van der Waals surface area contributed by atoms with E-state index >= 15 is 0 Å². The topological polar surface area (TPSA) is 72.9 Å². The predicted molar refractivity (Wildman–Crippen MR) is 75.4 cm³/mol. The number of nitroso groups, excluding NO2 is 1. The van der Waals surface area contributed by atoms with Gasteiger partial charge in [0.25, 0.3) is 0 Å². The zero-order valence-electron chi connectivity index (χ0n) is 11.7. The molecule has 0 aliphatic heterocycles. The van der Waals surface area contributed by atoms with Crippen LogP contribution in [0.15, 0.2) is 29.4 Å². The van der Waals surface area contributed by atoms with Crippen molar-refractivity contribution in [1.82, 2.24) is 5.10 Å². The van der Waals surface area contributed by atoms with E-state index in [0.29, 0.717) is 11.3 Å². The molecule has 0 spiro atoms. The minimum atomic E-state index is 0.503. The van der Waals surface area contributed by atoms with Gasteiger partial charge in [-0.1, -0.05) is 12.1 Å². The van der Waals surface area contributed by atoms with Crippen LogP contribution >= 0.6 is 0 Å². The number of H-pyrrole nitrogens is 1. The first kappa shape index (κ1) is 13.9. The van der Waals surface area contributed by atoms with Crippen molar-refractivity contribution >= 4 is 5.69 Å². The number of aryl methyl sites for hydroxylation is 3. The summed E-state index contributed by atoms with van der Waals surface area (Å²) in [5.41, 5.74) is 4.07. The molecule has 0 saturated heterocycles. The molecular formula is C15H17N4O+. The van der Waals surface area contributed by atoms with Gasteiger partial charge in [-0.3, -0.25) is 0 Å². The Hall–Kier alpha value is -2.48. The molecular weight excluding hydrogens is 252 g/mol. The molecule has 1 aromatic heterocycles. The van der Waals surface area contributed by atoms with Crippen molar-refractivity contribution in [2.45, 2.75) is 33.2 Å². The molecule has 20 heavy (non-hydrogen) atoms. The molecule has 1 aromatic carbocycles. The van der Waals surface area contributed by atoms with E-state index in [9.17, 15) is 4.91 Å². The molecule has 0 bridgehead atoms. The molecule has 0 atom stereocenters. The van der Waals surface area contributed by atoms with Crippen LogP contribution in [0.2, 0.25) is 0 Å². The third kappa shape index (κ3) is 2.91. The molecule has 0 unspecified atom stereocenters. The molecule has 102 valence electrons. The zero-order chi connectivity index (χ0) is 14.5. The Bertz CT molecular complexity index is 650. The average Bonchev–Trinajstić information content (AvgIpc) is 2.74. The summed E-state index contributed by atoms with van der Waals surface area (Å²) >= 11 is 0. The fourth-order valence-corrected chi connectivity index (χ4v) is 2.28. The van der Waals surface area contributed by atoms with Crippen LogP contribution in [-0.2, 0) is 13.0 Å². The van der Waals surface area contributed by atoms with Gasteiger partial charge in [-0.2, -0.15) is 10.4 Å². The highest BCUT2D eigenvalue weighted by Crippen LogP contribution is 2.18. The van der Waals surface area contributed by atoms with Crippen LogP contribution in [-0.4, -0.2) is 5.10 Å². The SMILES string of the molecule is Cc1[nH][n+](CCCc2ccc(C#N)cc2)c(C)c1N=O. The lowest BCUT2D eigenvalue weighted by Crippen LogP contribution is -2.38. The van der Waals surface area contributed by atoms with Gasteiger partial charge in [0.05, 0.1) is 11.6 Å². The molecule has 1 heterocycles. The van der Waals surface area contributed by atoms with Crippen molar-refractivity contribution < 1.29 is 4.68 Å². The van der Waals surface area contributed by atoms with Gasteiger partial charge in [0.2, 0.25) is 11.4 Å². The number of nitrogens with one attached hydrogen (secondary N) is 1. The molecule has 0 amide bonds. The Morgan fingerprint density at radius 1 is 1.30 bits per heavy atom. The van der Waals surface area contributed by atoms with Crippen molar-refractivity contribution in [3.8, 4) is 6.07 Å². The molecule has 2 rings (SSSR count). The number of benzene rings is 1. The van der Waals surface area contributed by atoms with Gasteiger partial charge < -0.3 is 0 Å². The first-order chi connectivity index (χ1) is 9.65. The zero-order valence-corrected chi connectivity index (χ0v) is 11.7. The van der Waals surface area contributed by atoms with Crippen LogP contribution in [0.25, 0.3) is 0 Å². The van der Waals surface area contributed by atoms with Crippen molar-refractivity contribution in [2.24, 2.45) is 5.18 Å². The molecule has 2 aromatic rings. The van der Waals surface area contributed by atoms with Gasteiger partial charge in [-0.05, 0) is 36.2 Å². The van der Waals surface area contributed by atoms with Crippen LogP contribution in [0.3, 0.4) is 0 Å². The summed E-state index contributed by atoms with van der Waals surface area (Å²) in [6, 6.07) is 9.74. The number of aromatic amines is 1. The minimum absolute atomic E-state index is 0.503. The highest BCUT2D eigenvalue weighted by atomic mass is 16.3. The van der Waals surface area contributed by atoms with Crippen molar-refractivity contribution in [3.63, 3.8) is 0 Å². The number of nitriles is 1. The summed E-state index contributed by atoms with van der Waals surface area (Å²) in [6.07, 6.45) is 1.88. The maximum atomic E-state index is 10.7. The summed E-state index contributed by atoms with van der Waals surface area (Å²) < 4.78 is 1.95. The molecule has 0 aliphatic rings. The highest BCUT2D eigenvalue weighted by Gasteiger charge is 2.19. The third-order valence-corrected chi connectivity index (χ3v) is 3.43. The second-order valence-corrected chi connectivity index (χ2v) is 4.83. The van der Waals surface area contributed by atoms with Gasteiger partial charge >= 0.3 is 0 Å². The van der Waals surface area contributed by atoms with Crippen LogP contribution in [0.4, 0.5) is 5.69 Å². The fraction of sp³-hybridized carbons (Fsp3) is 0.333. The molecule has 5 nitrogen and oxygen atoms in total. The standard InChI is InChI=1S/C15H16N4O/c1-11-15(18-20)12(2)19(17-11)9-3-4-13-5-7-14(10-16)8-6-13/h5-8H,3-4,9H2,1-2H3/p+1. The number of hydrogen-bond donors (Lipinski definition) is 1. The quantitative estimate of drug-likeness (QED) is 0.669. The van der Waals surface area contributed by atoms with Crippen molar-refractivity contribution in [2.75, 3.05) is 0 Å². The van der Waals surface area contributed by atoms with Gasteiger partial charge in [0, 0.05) is 13.3 Å². The van der Waals surface area contributed by atoms with Crippen molar-refractivity contribution in [1.29, 1.82) is 5.26 Å². The predicted octanol–water partition coefficient (Wildman–Crippen LogP) is 2.82. The van der Waals surface area contributed by atoms with E-state index in [4.69, 9.17) is 5.26 Å². The molecule has 0 fully saturated rings. The van der Waals surface area contributed by atoms with E-state index in [-0.39, 0.29) is 0 Å². The maximum Gasteiger partial charge on any atom is 0.234 e. The fourth-order valence-electron chi connectivity index (χ4n) is 2.28. The summed E-state index contributed by atoms with van der Waals surface area (Å²) in [4.78, 5) is 10.7. The number of aromatic nitrogens is 2. The van der Waals surface area contributed by atoms with Crippen molar-refractivity contribution in [3.05, 3.63) is 51.7 Å². The van der Waals surface area contributed by atoms with E-state index in [0.717, 1.165) is 30.8 Å². The van der Waals surface area contributed by atoms with Crippen LogP contribution in [0.1, 0.15) is 28.9 Å². The summed E-state index contributed by atoms with van der Waals surface area (Å²) in [7, 11) is 0. The van der Waals surface area contributed by atoms with E-state index < -0.39 is 0 Å². The third-order valence-electron chi connectivity index (χ3n) is 3.43. The molecule has 5 heteroatoms. The lowest BCUT2D eigenvalue weighted by molar-refractivity contribution is -0.755. The lowest BCUT2D eigenvalue weighted by Gasteiger charge is -1.99. The van der Waals surface area contributed by atoms with E-state index in [2.05, 4.69) is 16.3 Å². The summed E-state index contributed by atoms with van der Waals surface area (Å²) in [5.74, 6) is 0. The second-order valence-electron chi connectivity index (χ2n) is 4.83. The smallest absolute Gasteiger partial charge is 0.192 e. The number of rotatable bonds is 5. The normalized spacial score (nSPS) is 10.2. The maximum absolute atomic E-state index is 10.7. The Kier molecular flexibility index (Phi) is 4.26. The summed E-state index contributed by atoms with van der Waals surface area (Å²) in [6.45, 7) is 4.55. The van der Waals surface area contributed by atoms with Crippen LogP contribution in [0.5, 0.6) is 0 Å². The van der Waals surface area contributed by atoms with Crippen LogP contribution in [0, 0.1) is 30.1 Å². The van der Waals surface area contributed by atoms with Crippen LogP contribution < -0.4 is 4.68 Å². The van der Waals surface area contributed by atoms with E-state index in [1.807, 2.05) is 42.8 Å². The molecule has 0 aliphatic carbocycles. The molecule has 0 radical (unpaired) electrons. The Balaban J connectivity index is 1.96. The monoisotopic (exact) mass is 269 g/mol. The summed E-state index contributed by atoms with van der Waals surface area (Å²) in [5, 5.41) is 14.9. The van der Waals surface area contributed by atoms with E-state index in [1.165, 1.54) is 5.56 Å². The Labute approximate surface area is 117 Å². The Morgan fingerprint density at radius 2 is 2.00 bits per heavy atom. The van der Waals surface area contributed by atoms with Gasteiger partial charge in [0.1, 0.15) is 5.69 Å². The van der Waals surface area contributed by atoms with Gasteiger partial charge in [0.15, 0.2) is 6.54 Å². The van der Waals surface area contributed by atoms with Gasteiger partial charge in [-0.25, -0.2) is 0 Å². The molecule has 0 saturated carbocycles. The number of nitrogens with zero attached hydrogens (tertiary/aromatic N) is 3. The van der Waals surface area contributed by atoms with Gasteiger partial charge in [-0.15, -0.1) is 9.59 Å². The Morgan fingerprint density at radius 3 is 2.55 bits per heavy atom. The average molecular weight is 269 g/mol. The highest BCUT2D eigenvalue weighted by molar-refractivity contribution is 5.42. The van der Waals surface area contributed by atoms with E-state index in [1.54, 1.807) is 0 Å². The lowest BCUT2D eigenvalue weighted by atomic mass is 10.1. The number of hydrogen-bond acceptors (Lipinski definition) is 3. The molecule has 1 N–H and O–H groups in total.